The third kappa shape index (κ3) is 5.09. The molecule has 2 aromatic heterocycles. The van der Waals surface area contributed by atoms with Crippen molar-refractivity contribution < 1.29 is 9.53 Å². The van der Waals surface area contributed by atoms with Crippen LogP contribution in [0.2, 0.25) is 0 Å². The maximum Gasteiger partial charge on any atom is 0.254 e. The Morgan fingerprint density at radius 3 is 2.58 bits per heavy atom. The summed E-state index contributed by atoms with van der Waals surface area (Å²) in [6.07, 6.45) is 11.3. The van der Waals surface area contributed by atoms with Gasteiger partial charge in [-0.1, -0.05) is 6.07 Å². The van der Waals surface area contributed by atoms with Crippen molar-refractivity contribution in [3.05, 3.63) is 59.0 Å². The minimum atomic E-state index is -0.586. The summed E-state index contributed by atoms with van der Waals surface area (Å²) in [5, 5.41) is 0. The maximum absolute atomic E-state index is 13.0. The number of fused-ring (bicyclic) bond motifs is 1. The quantitative estimate of drug-likeness (QED) is 0.352. The van der Waals surface area contributed by atoms with E-state index in [2.05, 4.69) is 60.4 Å². The van der Waals surface area contributed by atoms with Crippen LogP contribution < -0.4 is 0 Å². The normalized spacial score (nSPS) is 16.9. The van der Waals surface area contributed by atoms with Crippen LogP contribution in [-0.4, -0.2) is 62.5 Å². The molecule has 1 saturated carbocycles. The van der Waals surface area contributed by atoms with Crippen LogP contribution in [0.25, 0.3) is 22.6 Å². The van der Waals surface area contributed by atoms with E-state index in [0.29, 0.717) is 25.2 Å². The van der Waals surface area contributed by atoms with Crippen LogP contribution in [0.3, 0.4) is 0 Å². The first kappa shape index (κ1) is 25.0. The summed E-state index contributed by atoms with van der Waals surface area (Å²) in [6.45, 7) is 8.22. The molecule has 1 aromatic carbocycles. The fourth-order valence-corrected chi connectivity index (χ4v) is 5.51. The Labute approximate surface area is 216 Å². The summed E-state index contributed by atoms with van der Waals surface area (Å²) >= 11 is 0. The van der Waals surface area contributed by atoms with E-state index in [1.165, 1.54) is 12.8 Å². The number of benzene rings is 1. The van der Waals surface area contributed by atoms with E-state index in [9.17, 15) is 4.79 Å². The molecule has 36 heavy (non-hydrogen) atoms. The number of carbonyl (C=O) groups excluding carboxylic acids is 1. The number of imidazole rings is 1. The molecule has 0 saturated heterocycles. The standard InChI is InChI=1S/C29H38N4O2S/c1-19-20(2)33(18-35-13-14-36(4,5)6)28(31-19)27-16-24(11-12-30-27)23-9-10-26-25(15-23)17-32(29(26)34)21(3)22-7-8-22/h9-12,15-16,21-22H,7-8,13-14,17-18H2,1-6H3/t21-/m0/s1. The molecule has 5 rings (SSSR count). The van der Waals surface area contributed by atoms with Gasteiger partial charge in [0.15, 0.2) is 5.82 Å². The van der Waals surface area contributed by atoms with E-state index in [4.69, 9.17) is 9.72 Å². The Morgan fingerprint density at radius 1 is 1.11 bits per heavy atom. The van der Waals surface area contributed by atoms with E-state index >= 15 is 0 Å². The zero-order valence-corrected chi connectivity index (χ0v) is 23.2. The first-order valence-electron chi connectivity index (χ1n) is 12.8. The second kappa shape index (κ2) is 9.67. The van der Waals surface area contributed by atoms with Crippen LogP contribution in [0.15, 0.2) is 36.5 Å². The fraction of sp³-hybridized carbons (Fsp3) is 0.483. The molecule has 3 heterocycles. The summed E-state index contributed by atoms with van der Waals surface area (Å²) in [4.78, 5) is 24.5. The summed E-state index contributed by atoms with van der Waals surface area (Å²) in [5.41, 5.74) is 7.05. The summed E-state index contributed by atoms with van der Waals surface area (Å²) < 4.78 is 8.18. The van der Waals surface area contributed by atoms with Gasteiger partial charge in [-0.25, -0.2) is 15.0 Å². The van der Waals surface area contributed by atoms with Crippen LogP contribution in [-0.2, 0) is 18.0 Å². The zero-order valence-electron chi connectivity index (χ0n) is 22.4. The lowest BCUT2D eigenvalue weighted by molar-refractivity contribution is 0.0697. The molecule has 7 heteroatoms. The van der Waals surface area contributed by atoms with E-state index in [-0.39, 0.29) is 5.91 Å². The van der Waals surface area contributed by atoms with Crippen LogP contribution in [0, 0.1) is 19.8 Å². The van der Waals surface area contributed by atoms with Crippen molar-refractivity contribution >= 4 is 15.9 Å². The minimum Gasteiger partial charge on any atom is -0.360 e. The van der Waals surface area contributed by atoms with Crippen molar-refractivity contribution in [1.82, 2.24) is 19.4 Å². The van der Waals surface area contributed by atoms with Gasteiger partial charge in [0.2, 0.25) is 0 Å². The average Bonchev–Trinajstić information content (AvgIpc) is 3.59. The molecule has 1 atom stereocenters. The number of carbonyl (C=O) groups is 1. The first-order chi connectivity index (χ1) is 17.1. The van der Waals surface area contributed by atoms with Crippen LogP contribution in [0.5, 0.6) is 0 Å². The molecule has 1 amide bonds. The highest BCUT2D eigenvalue weighted by atomic mass is 32.3. The topological polar surface area (TPSA) is 60.2 Å². The number of hydrogen-bond acceptors (Lipinski definition) is 4. The lowest BCUT2D eigenvalue weighted by atomic mass is 10.0. The van der Waals surface area contributed by atoms with Crippen molar-refractivity contribution in [3.8, 4) is 22.6 Å². The Bertz CT molecular complexity index is 1290. The van der Waals surface area contributed by atoms with E-state index in [1.54, 1.807) is 0 Å². The van der Waals surface area contributed by atoms with Gasteiger partial charge in [-0.2, -0.15) is 0 Å². The molecule has 0 N–H and O–H groups in total. The smallest absolute Gasteiger partial charge is 0.254 e. The van der Waals surface area contributed by atoms with Gasteiger partial charge in [-0.15, -0.1) is 0 Å². The minimum absolute atomic E-state index is 0.174. The van der Waals surface area contributed by atoms with Gasteiger partial charge in [0.05, 0.1) is 12.3 Å². The highest BCUT2D eigenvalue weighted by Gasteiger charge is 2.38. The SMILES string of the molecule is Cc1nc(-c2cc(-c3ccc4c(c3)CN([C@@H](C)C3CC3)C4=O)ccn2)n(COCCS(C)(C)C)c1C. The lowest BCUT2D eigenvalue weighted by Gasteiger charge is -2.24. The third-order valence-corrected chi connectivity index (χ3v) is 8.97. The molecule has 192 valence electrons. The molecule has 1 fully saturated rings. The summed E-state index contributed by atoms with van der Waals surface area (Å²) in [6, 6.07) is 10.7. The highest BCUT2D eigenvalue weighted by molar-refractivity contribution is 8.32. The molecule has 0 radical (unpaired) electrons. The van der Waals surface area contributed by atoms with Crippen LogP contribution >= 0.6 is 10.0 Å². The predicted octanol–water partition coefficient (Wildman–Crippen LogP) is 5.65. The van der Waals surface area contributed by atoms with Gasteiger partial charge in [0.1, 0.15) is 12.4 Å². The number of rotatable bonds is 9. The monoisotopic (exact) mass is 506 g/mol. The molecule has 2 aliphatic rings. The van der Waals surface area contributed by atoms with Crippen LogP contribution in [0.4, 0.5) is 0 Å². The Balaban J connectivity index is 1.38. The van der Waals surface area contributed by atoms with Gasteiger partial charge in [-0.3, -0.25) is 9.78 Å². The fourth-order valence-electron chi connectivity index (χ4n) is 4.89. The number of aryl methyl sites for hydroxylation is 1. The van der Waals surface area contributed by atoms with Crippen molar-refractivity contribution in [2.45, 2.75) is 52.9 Å². The second-order valence-corrected chi connectivity index (χ2v) is 15.8. The maximum atomic E-state index is 13.0. The molecule has 0 unspecified atom stereocenters. The lowest BCUT2D eigenvalue weighted by Crippen LogP contribution is -2.34. The number of pyridine rings is 1. The number of aromatic nitrogens is 3. The Kier molecular flexibility index (Phi) is 6.72. The van der Waals surface area contributed by atoms with Crippen molar-refractivity contribution in [2.24, 2.45) is 5.92 Å². The van der Waals surface area contributed by atoms with Gasteiger partial charge < -0.3 is 14.2 Å². The molecule has 6 nitrogen and oxygen atoms in total. The average molecular weight is 507 g/mol. The van der Waals surface area contributed by atoms with E-state index in [1.807, 2.05) is 30.2 Å². The first-order valence-corrected chi connectivity index (χ1v) is 15.8. The highest BCUT2D eigenvalue weighted by Crippen LogP contribution is 2.39. The summed E-state index contributed by atoms with van der Waals surface area (Å²) in [5.74, 6) is 2.75. The zero-order chi connectivity index (χ0) is 25.6. The molecule has 0 bridgehead atoms. The van der Waals surface area contributed by atoms with Gasteiger partial charge in [0.25, 0.3) is 5.91 Å². The van der Waals surface area contributed by atoms with E-state index in [0.717, 1.165) is 57.5 Å². The predicted molar refractivity (Wildman–Crippen MR) is 149 cm³/mol. The van der Waals surface area contributed by atoms with Crippen molar-refractivity contribution in [1.29, 1.82) is 0 Å². The number of ether oxygens (including phenoxy) is 1. The molecular weight excluding hydrogens is 468 g/mol. The largest absolute Gasteiger partial charge is 0.360 e. The molecule has 3 aromatic rings. The molecule has 1 aliphatic carbocycles. The van der Waals surface area contributed by atoms with Crippen molar-refractivity contribution in [3.63, 3.8) is 0 Å². The Hall–Kier alpha value is -2.64. The second-order valence-electron chi connectivity index (χ2n) is 11.2. The summed E-state index contributed by atoms with van der Waals surface area (Å²) in [7, 11) is -0.586. The van der Waals surface area contributed by atoms with E-state index < -0.39 is 10.0 Å². The van der Waals surface area contributed by atoms with Gasteiger partial charge in [-0.05, 0) is 99.3 Å². The third-order valence-electron chi connectivity index (χ3n) is 7.57. The van der Waals surface area contributed by atoms with Gasteiger partial charge in [0, 0.05) is 35.8 Å². The van der Waals surface area contributed by atoms with Crippen LogP contribution in [0.1, 0.15) is 47.1 Å². The number of hydrogen-bond donors (Lipinski definition) is 0. The number of nitrogens with zero attached hydrogens (tertiary/aromatic N) is 4. The van der Waals surface area contributed by atoms with Crippen molar-refractivity contribution in [2.75, 3.05) is 31.1 Å². The molecule has 0 spiro atoms. The Morgan fingerprint density at radius 2 is 1.86 bits per heavy atom. The molecule has 1 aliphatic heterocycles. The number of amides is 1. The van der Waals surface area contributed by atoms with Gasteiger partial charge >= 0.3 is 0 Å². The molecular formula is C29H38N4O2S.